The van der Waals surface area contributed by atoms with Gasteiger partial charge in [-0.2, -0.15) is 0 Å². The van der Waals surface area contributed by atoms with Crippen molar-refractivity contribution in [2.45, 2.75) is 0 Å². The number of nitrogens with zero attached hydrogens (tertiary/aromatic N) is 1. The van der Waals surface area contributed by atoms with Gasteiger partial charge in [0.15, 0.2) is 0 Å². The first-order valence-electron chi connectivity index (χ1n) is 6.02. The van der Waals surface area contributed by atoms with E-state index in [1.54, 1.807) is 0 Å². The molecular formula is C16H14N2. The summed E-state index contributed by atoms with van der Waals surface area (Å²) in [5.41, 5.74) is 3.17. The van der Waals surface area contributed by atoms with Crippen LogP contribution in [0.3, 0.4) is 0 Å². The molecule has 0 fully saturated rings. The normalized spacial score (nSPS) is 10.7. The molecule has 0 unspecified atom stereocenters. The Morgan fingerprint density at radius 2 is 1.50 bits per heavy atom. The van der Waals surface area contributed by atoms with Crippen LogP contribution in [0.1, 0.15) is 0 Å². The Morgan fingerprint density at radius 3 is 2.06 bits per heavy atom. The predicted octanol–water partition coefficient (Wildman–Crippen LogP) is 3.99. The second-order valence-electron chi connectivity index (χ2n) is 4.19. The molecule has 18 heavy (non-hydrogen) atoms. The van der Waals surface area contributed by atoms with Gasteiger partial charge in [0.1, 0.15) is 0 Å². The van der Waals surface area contributed by atoms with Crippen LogP contribution in [0, 0.1) is 0 Å². The highest BCUT2D eigenvalue weighted by Crippen LogP contribution is 2.30. The minimum Gasteiger partial charge on any atom is -0.380 e. The van der Waals surface area contributed by atoms with Crippen molar-refractivity contribution < 1.29 is 0 Å². The van der Waals surface area contributed by atoms with Crippen molar-refractivity contribution in [2.75, 3.05) is 11.9 Å². The van der Waals surface area contributed by atoms with Crippen LogP contribution in [0.5, 0.6) is 0 Å². The second-order valence-corrected chi connectivity index (χ2v) is 4.19. The van der Waals surface area contributed by atoms with Crippen molar-refractivity contribution in [1.82, 2.24) is 4.98 Å². The molecule has 1 N–H and O–H groups in total. The maximum atomic E-state index is 4.68. The summed E-state index contributed by atoms with van der Waals surface area (Å²) in [6, 6.07) is 16.4. The van der Waals surface area contributed by atoms with Gasteiger partial charge in [-0.15, -0.1) is 6.58 Å². The van der Waals surface area contributed by atoms with E-state index in [0.717, 1.165) is 34.0 Å². The molecule has 0 aliphatic carbocycles. The number of hydrogen-bond acceptors (Lipinski definition) is 2. The smallest absolute Gasteiger partial charge is 0.0730 e. The number of aromatic nitrogens is 1. The van der Waals surface area contributed by atoms with Gasteiger partial charge < -0.3 is 5.32 Å². The summed E-state index contributed by atoms with van der Waals surface area (Å²) in [4.78, 5) is 4.68. The summed E-state index contributed by atoms with van der Waals surface area (Å²) in [5.74, 6) is 0. The van der Waals surface area contributed by atoms with Crippen LogP contribution >= 0.6 is 0 Å². The standard InChI is InChI=1S/C16H14N2/c1-2-11-17-16-12-7-3-5-9-14(12)18-15-10-6-4-8-13(15)16/h2-10H,1,11H2,(H,17,18). The molecule has 0 saturated carbocycles. The molecule has 0 amide bonds. The van der Waals surface area contributed by atoms with Crippen molar-refractivity contribution in [3.63, 3.8) is 0 Å². The van der Waals surface area contributed by atoms with E-state index < -0.39 is 0 Å². The Hall–Kier alpha value is -2.35. The Balaban J connectivity index is 2.37. The molecule has 0 atom stereocenters. The van der Waals surface area contributed by atoms with E-state index in [2.05, 4.69) is 29.0 Å². The van der Waals surface area contributed by atoms with Crippen LogP contribution in [0.2, 0.25) is 0 Å². The number of benzene rings is 2. The maximum Gasteiger partial charge on any atom is 0.0730 e. The fourth-order valence-electron chi connectivity index (χ4n) is 2.20. The van der Waals surface area contributed by atoms with Gasteiger partial charge in [0.25, 0.3) is 0 Å². The summed E-state index contributed by atoms with van der Waals surface area (Å²) >= 11 is 0. The molecule has 88 valence electrons. The summed E-state index contributed by atoms with van der Waals surface area (Å²) in [5, 5.41) is 5.72. The average Bonchev–Trinajstić information content (AvgIpc) is 2.43. The summed E-state index contributed by atoms with van der Waals surface area (Å²) in [7, 11) is 0. The van der Waals surface area contributed by atoms with E-state index in [1.807, 2.05) is 42.5 Å². The third-order valence-corrected chi connectivity index (χ3v) is 3.01. The zero-order chi connectivity index (χ0) is 12.4. The highest BCUT2D eigenvalue weighted by Gasteiger charge is 2.06. The van der Waals surface area contributed by atoms with Gasteiger partial charge in [0.2, 0.25) is 0 Å². The minimum atomic E-state index is 0.748. The lowest BCUT2D eigenvalue weighted by atomic mass is 10.1. The molecule has 0 radical (unpaired) electrons. The molecule has 2 aromatic carbocycles. The van der Waals surface area contributed by atoms with Crippen LogP contribution in [0.4, 0.5) is 5.69 Å². The van der Waals surface area contributed by atoms with Gasteiger partial charge in [-0.25, -0.2) is 4.98 Å². The number of nitrogens with one attached hydrogen (secondary N) is 1. The average molecular weight is 234 g/mol. The van der Waals surface area contributed by atoms with Crippen LogP contribution in [0.15, 0.2) is 61.2 Å². The van der Waals surface area contributed by atoms with Crippen molar-refractivity contribution in [3.8, 4) is 0 Å². The Morgan fingerprint density at radius 1 is 0.944 bits per heavy atom. The van der Waals surface area contributed by atoms with Gasteiger partial charge in [0.05, 0.1) is 16.7 Å². The van der Waals surface area contributed by atoms with Crippen LogP contribution in [-0.2, 0) is 0 Å². The van der Waals surface area contributed by atoms with Crippen LogP contribution < -0.4 is 5.32 Å². The number of fused-ring (bicyclic) bond motifs is 2. The van der Waals surface area contributed by atoms with Gasteiger partial charge in [0, 0.05) is 17.3 Å². The summed E-state index contributed by atoms with van der Waals surface area (Å²) < 4.78 is 0. The molecule has 3 rings (SSSR count). The molecule has 0 bridgehead atoms. The molecule has 2 nitrogen and oxygen atoms in total. The topological polar surface area (TPSA) is 24.9 Å². The number of rotatable bonds is 3. The Kier molecular flexibility index (Phi) is 2.69. The quantitative estimate of drug-likeness (QED) is 0.547. The highest BCUT2D eigenvalue weighted by atomic mass is 14.9. The van der Waals surface area contributed by atoms with Gasteiger partial charge in [-0.1, -0.05) is 42.5 Å². The summed E-state index contributed by atoms with van der Waals surface area (Å²) in [6.45, 7) is 4.51. The lowest BCUT2D eigenvalue weighted by molar-refractivity contribution is 1.36. The van der Waals surface area contributed by atoms with Crippen molar-refractivity contribution >= 4 is 27.5 Å². The highest BCUT2D eigenvalue weighted by molar-refractivity contribution is 6.07. The third kappa shape index (κ3) is 1.72. The van der Waals surface area contributed by atoms with Crippen molar-refractivity contribution in [3.05, 3.63) is 61.2 Å². The fraction of sp³-hybridized carbons (Fsp3) is 0.0625. The molecule has 1 aromatic heterocycles. The SMILES string of the molecule is C=CCNc1c2ccccc2nc2ccccc12. The van der Waals surface area contributed by atoms with E-state index in [0.29, 0.717) is 0 Å². The molecule has 0 saturated heterocycles. The molecule has 1 heterocycles. The number of hydrogen-bond donors (Lipinski definition) is 1. The van der Waals surface area contributed by atoms with E-state index in [-0.39, 0.29) is 0 Å². The van der Waals surface area contributed by atoms with E-state index in [4.69, 9.17) is 0 Å². The lowest BCUT2D eigenvalue weighted by Gasteiger charge is -2.11. The molecule has 3 aromatic rings. The summed E-state index contributed by atoms with van der Waals surface area (Å²) in [6.07, 6.45) is 1.87. The predicted molar refractivity (Wildman–Crippen MR) is 77.9 cm³/mol. The van der Waals surface area contributed by atoms with E-state index >= 15 is 0 Å². The van der Waals surface area contributed by atoms with Crippen molar-refractivity contribution in [1.29, 1.82) is 0 Å². The van der Waals surface area contributed by atoms with E-state index in [1.165, 1.54) is 0 Å². The number of pyridine rings is 1. The van der Waals surface area contributed by atoms with Gasteiger partial charge in [-0.3, -0.25) is 0 Å². The zero-order valence-electron chi connectivity index (χ0n) is 10.1. The minimum absolute atomic E-state index is 0.748. The first-order valence-corrected chi connectivity index (χ1v) is 6.02. The van der Waals surface area contributed by atoms with Crippen LogP contribution in [-0.4, -0.2) is 11.5 Å². The van der Waals surface area contributed by atoms with Crippen LogP contribution in [0.25, 0.3) is 21.8 Å². The Labute approximate surface area is 106 Å². The fourth-order valence-corrected chi connectivity index (χ4v) is 2.20. The van der Waals surface area contributed by atoms with Gasteiger partial charge >= 0.3 is 0 Å². The molecule has 0 aliphatic heterocycles. The molecule has 0 aliphatic rings. The zero-order valence-corrected chi connectivity index (χ0v) is 10.1. The maximum absolute atomic E-state index is 4.68. The lowest BCUT2D eigenvalue weighted by Crippen LogP contribution is -2.00. The largest absolute Gasteiger partial charge is 0.380 e. The monoisotopic (exact) mass is 234 g/mol. The third-order valence-electron chi connectivity index (χ3n) is 3.01. The number of para-hydroxylation sites is 2. The molecular weight excluding hydrogens is 220 g/mol. The second kappa shape index (κ2) is 4.49. The molecule has 2 heteroatoms. The first kappa shape index (κ1) is 10.8. The first-order chi connectivity index (χ1) is 8.90. The van der Waals surface area contributed by atoms with Crippen molar-refractivity contribution in [2.24, 2.45) is 0 Å². The van der Waals surface area contributed by atoms with Gasteiger partial charge in [-0.05, 0) is 12.1 Å². The Bertz CT molecular complexity index is 662. The molecule has 0 spiro atoms. The van der Waals surface area contributed by atoms with E-state index in [9.17, 15) is 0 Å². The number of anilines is 1.